The summed E-state index contributed by atoms with van der Waals surface area (Å²) in [6, 6.07) is 9.68. The molecule has 1 aromatic heterocycles. The van der Waals surface area contributed by atoms with Crippen LogP contribution in [0.4, 0.5) is 16.2 Å². The van der Waals surface area contributed by atoms with Crippen LogP contribution >= 0.6 is 0 Å². The smallest absolute Gasteiger partial charge is 0.321 e. The van der Waals surface area contributed by atoms with E-state index in [1.165, 1.54) is 0 Å². The van der Waals surface area contributed by atoms with Crippen molar-refractivity contribution in [2.24, 2.45) is 0 Å². The number of anilines is 2. The summed E-state index contributed by atoms with van der Waals surface area (Å²) in [5.74, 6) is 0.768. The van der Waals surface area contributed by atoms with E-state index in [-0.39, 0.29) is 6.03 Å². The van der Waals surface area contributed by atoms with Crippen LogP contribution in [0, 0.1) is 6.92 Å². The molecule has 0 radical (unpaired) electrons. The number of carbonyl (C=O) groups excluding carboxylic acids is 1. The average Bonchev–Trinajstić information content (AvgIpc) is 2.92. The van der Waals surface area contributed by atoms with Crippen molar-refractivity contribution in [3.8, 4) is 0 Å². The van der Waals surface area contributed by atoms with Crippen molar-refractivity contribution < 1.29 is 4.79 Å². The molecule has 21 heavy (non-hydrogen) atoms. The van der Waals surface area contributed by atoms with Gasteiger partial charge in [0.2, 0.25) is 0 Å². The Morgan fingerprint density at radius 1 is 1.29 bits per heavy atom. The van der Waals surface area contributed by atoms with Gasteiger partial charge in [-0.2, -0.15) is 0 Å². The summed E-state index contributed by atoms with van der Waals surface area (Å²) < 4.78 is 0. The Morgan fingerprint density at radius 3 is 2.76 bits per heavy atom. The summed E-state index contributed by atoms with van der Waals surface area (Å²) in [6.45, 7) is 3.93. The van der Waals surface area contributed by atoms with Crippen LogP contribution in [0.3, 0.4) is 0 Å². The Labute approximate surface area is 123 Å². The number of nitrogens with one attached hydrogen (secondary N) is 2. The second-order valence-electron chi connectivity index (χ2n) is 4.88. The van der Waals surface area contributed by atoms with Gasteiger partial charge in [-0.3, -0.25) is 4.90 Å². The molecule has 0 bridgehead atoms. The number of benzene rings is 1. The third kappa shape index (κ3) is 3.10. The molecule has 0 saturated carbocycles. The fraction of sp³-hybridized carbons (Fsp3) is 0.267. The molecule has 0 unspecified atom stereocenters. The van der Waals surface area contributed by atoms with Crippen LogP contribution < -0.4 is 15.5 Å². The van der Waals surface area contributed by atoms with Gasteiger partial charge in [-0.05, 0) is 37.3 Å². The molecule has 6 heteroatoms. The third-order valence-electron chi connectivity index (χ3n) is 3.34. The molecule has 2 amide bonds. The van der Waals surface area contributed by atoms with Crippen LogP contribution in [0.2, 0.25) is 0 Å². The van der Waals surface area contributed by atoms with Crippen molar-refractivity contribution >= 4 is 17.4 Å². The van der Waals surface area contributed by atoms with E-state index in [9.17, 15) is 4.79 Å². The van der Waals surface area contributed by atoms with Gasteiger partial charge in [-0.25, -0.2) is 14.8 Å². The molecule has 2 heterocycles. The molecule has 2 aromatic rings. The number of urea groups is 1. The molecule has 6 nitrogen and oxygen atoms in total. The zero-order valence-electron chi connectivity index (χ0n) is 11.8. The number of aromatic nitrogens is 2. The monoisotopic (exact) mass is 283 g/mol. The Hall–Kier alpha value is -2.63. The molecule has 1 aromatic carbocycles. The van der Waals surface area contributed by atoms with Gasteiger partial charge in [0.1, 0.15) is 5.82 Å². The van der Waals surface area contributed by atoms with Crippen LogP contribution in [0.25, 0.3) is 0 Å². The Morgan fingerprint density at radius 2 is 2.10 bits per heavy atom. The first-order chi connectivity index (χ1) is 10.2. The lowest BCUT2D eigenvalue weighted by Crippen LogP contribution is -2.27. The molecule has 108 valence electrons. The second-order valence-corrected chi connectivity index (χ2v) is 4.88. The molecule has 0 aliphatic carbocycles. The first-order valence-electron chi connectivity index (χ1n) is 6.90. The molecule has 1 saturated heterocycles. The van der Waals surface area contributed by atoms with Crippen molar-refractivity contribution in [1.82, 2.24) is 15.3 Å². The van der Waals surface area contributed by atoms with E-state index >= 15 is 0 Å². The average molecular weight is 283 g/mol. The SMILES string of the molecule is Cc1nccc(CNc2ccc(N3CCNC3=O)cc2)n1. The van der Waals surface area contributed by atoms with Crippen LogP contribution in [0.15, 0.2) is 36.5 Å². The van der Waals surface area contributed by atoms with Crippen molar-refractivity contribution in [2.75, 3.05) is 23.3 Å². The Bertz CT molecular complexity index is 641. The van der Waals surface area contributed by atoms with E-state index in [1.54, 1.807) is 11.1 Å². The van der Waals surface area contributed by atoms with E-state index in [1.807, 2.05) is 37.3 Å². The topological polar surface area (TPSA) is 70.2 Å². The molecule has 3 rings (SSSR count). The maximum absolute atomic E-state index is 11.6. The normalized spacial score (nSPS) is 14.1. The van der Waals surface area contributed by atoms with Crippen LogP contribution in [0.5, 0.6) is 0 Å². The third-order valence-corrected chi connectivity index (χ3v) is 3.34. The molecule has 2 N–H and O–H groups in total. The van der Waals surface area contributed by atoms with Gasteiger partial charge in [-0.15, -0.1) is 0 Å². The minimum atomic E-state index is -0.0350. The van der Waals surface area contributed by atoms with Gasteiger partial charge < -0.3 is 10.6 Å². The fourth-order valence-corrected chi connectivity index (χ4v) is 2.27. The summed E-state index contributed by atoms with van der Waals surface area (Å²) in [6.07, 6.45) is 1.76. The second kappa shape index (κ2) is 5.78. The summed E-state index contributed by atoms with van der Waals surface area (Å²) in [7, 11) is 0. The lowest BCUT2D eigenvalue weighted by atomic mass is 10.2. The quantitative estimate of drug-likeness (QED) is 0.899. The Balaban J connectivity index is 1.63. The Kier molecular flexibility index (Phi) is 3.68. The molecule has 0 atom stereocenters. The highest BCUT2D eigenvalue weighted by atomic mass is 16.2. The maximum Gasteiger partial charge on any atom is 0.321 e. The van der Waals surface area contributed by atoms with E-state index in [2.05, 4.69) is 20.6 Å². The largest absolute Gasteiger partial charge is 0.379 e. The molecule has 1 aliphatic heterocycles. The minimum absolute atomic E-state index is 0.0350. The zero-order chi connectivity index (χ0) is 14.7. The lowest BCUT2D eigenvalue weighted by Gasteiger charge is -2.15. The number of hydrogen-bond acceptors (Lipinski definition) is 4. The summed E-state index contributed by atoms with van der Waals surface area (Å²) in [4.78, 5) is 21.7. The highest BCUT2D eigenvalue weighted by Gasteiger charge is 2.20. The minimum Gasteiger partial charge on any atom is -0.379 e. The van der Waals surface area contributed by atoms with E-state index in [0.717, 1.165) is 22.9 Å². The standard InChI is InChI=1S/C15H17N5O/c1-11-16-7-6-13(19-11)10-18-12-2-4-14(5-3-12)20-9-8-17-15(20)21/h2-7,18H,8-10H2,1H3,(H,17,21). The number of carbonyl (C=O) groups is 1. The summed E-state index contributed by atoms with van der Waals surface area (Å²) in [5.41, 5.74) is 2.86. The maximum atomic E-state index is 11.6. The first-order valence-corrected chi connectivity index (χ1v) is 6.90. The predicted molar refractivity (Wildman–Crippen MR) is 81.3 cm³/mol. The van der Waals surface area contributed by atoms with Crippen molar-refractivity contribution in [3.05, 3.63) is 48.0 Å². The summed E-state index contributed by atoms with van der Waals surface area (Å²) >= 11 is 0. The first kappa shape index (κ1) is 13.4. The number of aryl methyl sites for hydroxylation is 1. The van der Waals surface area contributed by atoms with E-state index in [4.69, 9.17) is 0 Å². The van der Waals surface area contributed by atoms with Crippen LogP contribution in [-0.4, -0.2) is 29.1 Å². The van der Waals surface area contributed by atoms with Crippen molar-refractivity contribution in [1.29, 1.82) is 0 Å². The highest BCUT2D eigenvalue weighted by molar-refractivity contribution is 5.94. The predicted octanol–water partition coefficient (Wildman–Crippen LogP) is 1.93. The number of hydrogen-bond donors (Lipinski definition) is 2. The van der Waals surface area contributed by atoms with Gasteiger partial charge in [0.05, 0.1) is 12.2 Å². The number of amides is 2. The van der Waals surface area contributed by atoms with Gasteiger partial charge in [-0.1, -0.05) is 0 Å². The van der Waals surface area contributed by atoms with Crippen LogP contribution in [0.1, 0.15) is 11.5 Å². The molecule has 1 aliphatic rings. The highest BCUT2D eigenvalue weighted by Crippen LogP contribution is 2.19. The van der Waals surface area contributed by atoms with Crippen molar-refractivity contribution in [3.63, 3.8) is 0 Å². The van der Waals surface area contributed by atoms with Gasteiger partial charge in [0, 0.05) is 30.7 Å². The van der Waals surface area contributed by atoms with Gasteiger partial charge >= 0.3 is 6.03 Å². The fourth-order valence-electron chi connectivity index (χ4n) is 2.27. The number of nitrogens with zero attached hydrogens (tertiary/aromatic N) is 3. The zero-order valence-corrected chi connectivity index (χ0v) is 11.8. The molecular formula is C15H17N5O. The van der Waals surface area contributed by atoms with Crippen LogP contribution in [-0.2, 0) is 6.54 Å². The summed E-state index contributed by atoms with van der Waals surface area (Å²) in [5, 5.41) is 6.10. The molecule has 0 spiro atoms. The molecule has 1 fully saturated rings. The number of rotatable bonds is 4. The van der Waals surface area contributed by atoms with E-state index < -0.39 is 0 Å². The van der Waals surface area contributed by atoms with Gasteiger partial charge in [0.15, 0.2) is 0 Å². The lowest BCUT2D eigenvalue weighted by molar-refractivity contribution is 0.252. The molecular weight excluding hydrogens is 266 g/mol. The van der Waals surface area contributed by atoms with Crippen molar-refractivity contribution in [2.45, 2.75) is 13.5 Å². The van der Waals surface area contributed by atoms with Gasteiger partial charge in [0.25, 0.3) is 0 Å². The van der Waals surface area contributed by atoms with E-state index in [0.29, 0.717) is 19.6 Å².